The number of esters is 2. The van der Waals surface area contributed by atoms with Gasteiger partial charge in [0.05, 0.1) is 18.7 Å². The zero-order valence-corrected chi connectivity index (χ0v) is 23.5. The van der Waals surface area contributed by atoms with Crippen molar-refractivity contribution >= 4 is 62.0 Å². The lowest BCUT2D eigenvalue weighted by Crippen LogP contribution is -2.53. The molecule has 0 spiro atoms. The second-order valence-electron chi connectivity index (χ2n) is 9.19. The summed E-state index contributed by atoms with van der Waals surface area (Å²) in [6.45, 7) is 9.11. The molecule has 1 aliphatic heterocycles. The van der Waals surface area contributed by atoms with Gasteiger partial charge in [-0.25, -0.2) is 19.9 Å². The van der Waals surface area contributed by atoms with Gasteiger partial charge >= 0.3 is 11.9 Å². The number of nitrogens with zero attached hydrogens (tertiary/aromatic N) is 4. The number of halogens is 1. The normalized spacial score (nSPS) is 14.6. The number of carbonyl (C=O) groups excluding carboxylic acids is 2. The van der Waals surface area contributed by atoms with Gasteiger partial charge in [0, 0.05) is 12.1 Å². The van der Waals surface area contributed by atoms with E-state index >= 15 is 0 Å². The first-order valence-corrected chi connectivity index (χ1v) is 14.2. The number of nitrogens with one attached hydrogen (secondary N) is 2. The molecule has 0 amide bonds. The third-order valence-electron chi connectivity index (χ3n) is 4.97. The predicted molar refractivity (Wildman–Crippen MR) is 139 cm³/mol. The maximum atomic E-state index is 12.6. The first-order chi connectivity index (χ1) is 17.2. The van der Waals surface area contributed by atoms with Crippen LogP contribution < -0.4 is 20.1 Å². The van der Waals surface area contributed by atoms with Gasteiger partial charge < -0.3 is 14.4 Å². The Morgan fingerprint density at radius 1 is 1.27 bits per heavy atom. The molecular weight excluding hydrogens is 546 g/mol. The van der Waals surface area contributed by atoms with E-state index in [2.05, 4.69) is 25.0 Å². The monoisotopic (exact) mass is 575 g/mol. The van der Waals surface area contributed by atoms with Crippen molar-refractivity contribution in [1.82, 2.24) is 19.7 Å². The molecule has 16 heteroatoms. The second-order valence-corrected chi connectivity index (χ2v) is 11.9. The minimum absolute atomic E-state index is 0.0754. The Labute approximate surface area is 224 Å². The predicted octanol–water partition coefficient (Wildman–Crippen LogP) is 2.42. The summed E-state index contributed by atoms with van der Waals surface area (Å²) in [6, 6.07) is 0. The van der Waals surface area contributed by atoms with Crippen molar-refractivity contribution in [2.45, 2.75) is 65.6 Å². The van der Waals surface area contributed by atoms with Crippen molar-refractivity contribution in [3.63, 3.8) is 0 Å². The maximum absolute atomic E-state index is 12.6. The summed E-state index contributed by atoms with van der Waals surface area (Å²) in [6.07, 6.45) is -0.260. The molecule has 0 bridgehead atoms. The molecule has 0 saturated heterocycles. The van der Waals surface area contributed by atoms with Gasteiger partial charge in [-0.05, 0) is 47.5 Å². The fraction of sp³-hybridized carbons (Fsp3) is 0.571. The van der Waals surface area contributed by atoms with E-state index in [1.54, 1.807) is 39.5 Å². The van der Waals surface area contributed by atoms with Gasteiger partial charge in [0.25, 0.3) is 10.2 Å². The van der Waals surface area contributed by atoms with E-state index in [1.807, 2.05) is 0 Å². The Morgan fingerprint density at radius 3 is 2.59 bits per heavy atom. The van der Waals surface area contributed by atoms with E-state index in [1.165, 1.54) is 0 Å². The molecule has 4 N–H and O–H groups in total. The number of fused-ring (bicyclic) bond motifs is 1. The molecule has 2 aromatic rings. The lowest BCUT2D eigenvalue weighted by atomic mass is 10.1. The lowest BCUT2D eigenvalue weighted by molar-refractivity contribution is -0.155. The highest BCUT2D eigenvalue weighted by Crippen LogP contribution is 2.34. The summed E-state index contributed by atoms with van der Waals surface area (Å²) >= 11 is 7.55. The SMILES string of the molecule is CCOC(=O)c1sc(Nc2nc(Cl)c3c(n2)N(C(CC(=O)OC(C)(C)C)NS(N)(=O)=O)CCC3)nc1C. The second kappa shape index (κ2) is 11.4. The van der Waals surface area contributed by atoms with Crippen LogP contribution in [0.3, 0.4) is 0 Å². The van der Waals surface area contributed by atoms with E-state index in [4.69, 9.17) is 26.2 Å². The van der Waals surface area contributed by atoms with E-state index in [0.29, 0.717) is 46.5 Å². The van der Waals surface area contributed by atoms with Gasteiger partial charge in [-0.15, -0.1) is 0 Å². The molecule has 3 heterocycles. The quantitative estimate of drug-likeness (QED) is 0.295. The van der Waals surface area contributed by atoms with Crippen LogP contribution in [0.2, 0.25) is 5.15 Å². The van der Waals surface area contributed by atoms with E-state index < -0.39 is 33.9 Å². The van der Waals surface area contributed by atoms with Gasteiger partial charge in [0.15, 0.2) is 5.13 Å². The van der Waals surface area contributed by atoms with Gasteiger partial charge in [-0.2, -0.15) is 18.1 Å². The third-order valence-corrected chi connectivity index (χ3v) is 6.93. The van der Waals surface area contributed by atoms with Crippen LogP contribution in [0, 0.1) is 6.92 Å². The van der Waals surface area contributed by atoms with Crippen LogP contribution in [0.4, 0.5) is 16.9 Å². The van der Waals surface area contributed by atoms with Crippen molar-refractivity contribution in [1.29, 1.82) is 0 Å². The van der Waals surface area contributed by atoms with Gasteiger partial charge in [0.2, 0.25) is 5.95 Å². The summed E-state index contributed by atoms with van der Waals surface area (Å²) in [5.41, 5.74) is 0.303. The lowest BCUT2D eigenvalue weighted by Gasteiger charge is -2.36. The molecule has 1 aliphatic rings. The number of ether oxygens (including phenoxy) is 2. The number of aromatic nitrogens is 3. The number of aryl methyl sites for hydroxylation is 1. The number of nitrogens with two attached hydrogens (primary N) is 1. The number of carbonyl (C=O) groups is 2. The first kappa shape index (κ1) is 29.0. The third kappa shape index (κ3) is 7.95. The van der Waals surface area contributed by atoms with Crippen molar-refractivity contribution in [3.8, 4) is 0 Å². The molecule has 204 valence electrons. The van der Waals surface area contributed by atoms with E-state index in [-0.39, 0.29) is 24.1 Å². The Bertz CT molecular complexity index is 1280. The molecule has 0 radical (unpaired) electrons. The Morgan fingerprint density at radius 2 is 1.97 bits per heavy atom. The molecule has 1 unspecified atom stereocenters. The van der Waals surface area contributed by atoms with Crippen molar-refractivity contribution < 1.29 is 27.5 Å². The summed E-state index contributed by atoms with van der Waals surface area (Å²) < 4.78 is 36.6. The molecule has 0 fully saturated rings. The van der Waals surface area contributed by atoms with Crippen LogP contribution in [0.5, 0.6) is 0 Å². The fourth-order valence-corrected chi connectivity index (χ4v) is 5.37. The summed E-state index contributed by atoms with van der Waals surface area (Å²) in [5, 5.41) is 8.70. The smallest absolute Gasteiger partial charge is 0.350 e. The van der Waals surface area contributed by atoms with Gasteiger partial charge in [-0.1, -0.05) is 22.9 Å². The highest BCUT2D eigenvalue weighted by atomic mass is 35.5. The molecular formula is C21H30ClN7O6S2. The van der Waals surface area contributed by atoms with Crippen LogP contribution >= 0.6 is 22.9 Å². The number of thiazole rings is 1. The molecule has 0 saturated carbocycles. The number of rotatable bonds is 9. The molecule has 3 rings (SSSR count). The molecule has 0 aromatic carbocycles. The minimum Gasteiger partial charge on any atom is -0.462 e. The Hall–Kier alpha value is -2.59. The molecule has 2 aromatic heterocycles. The summed E-state index contributed by atoms with van der Waals surface area (Å²) in [5.74, 6) is -0.701. The molecule has 0 aliphatic carbocycles. The van der Waals surface area contributed by atoms with Crippen LogP contribution in [0.25, 0.3) is 0 Å². The number of anilines is 3. The highest BCUT2D eigenvalue weighted by Gasteiger charge is 2.33. The fourth-order valence-electron chi connectivity index (χ4n) is 3.67. The molecule has 13 nitrogen and oxygen atoms in total. The van der Waals surface area contributed by atoms with Crippen LogP contribution in [0.1, 0.15) is 61.5 Å². The Balaban J connectivity index is 1.95. The number of hydrogen-bond donors (Lipinski definition) is 3. The topological polar surface area (TPSA) is 179 Å². The average Bonchev–Trinajstić information content (AvgIpc) is 3.11. The largest absolute Gasteiger partial charge is 0.462 e. The highest BCUT2D eigenvalue weighted by molar-refractivity contribution is 7.87. The number of hydrogen-bond acceptors (Lipinski definition) is 12. The van der Waals surface area contributed by atoms with Crippen LogP contribution in [-0.4, -0.2) is 60.2 Å². The average molecular weight is 576 g/mol. The zero-order chi connectivity index (χ0) is 27.5. The van der Waals surface area contributed by atoms with E-state index in [9.17, 15) is 18.0 Å². The molecule has 37 heavy (non-hydrogen) atoms. The first-order valence-electron chi connectivity index (χ1n) is 11.4. The standard InChI is InChI=1S/C21H30ClN7O6S2/c1-6-34-18(31)15-11(2)24-20(36-15)27-19-25-16(22)12-8-7-9-29(17(12)26-19)13(28-37(23,32)33)10-14(30)35-21(3,4)5/h13,28H,6-10H2,1-5H3,(H2,23,32,33)(H,24,25,26,27). The van der Waals surface area contributed by atoms with Crippen molar-refractivity contribution in [3.05, 3.63) is 21.3 Å². The van der Waals surface area contributed by atoms with Gasteiger partial charge in [-0.3, -0.25) is 10.1 Å². The van der Waals surface area contributed by atoms with Crippen molar-refractivity contribution in [2.75, 3.05) is 23.4 Å². The minimum atomic E-state index is -4.19. The summed E-state index contributed by atoms with van der Waals surface area (Å²) in [4.78, 5) is 39.8. The van der Waals surface area contributed by atoms with Gasteiger partial charge in [0.1, 0.15) is 27.6 Å². The maximum Gasteiger partial charge on any atom is 0.350 e. The summed E-state index contributed by atoms with van der Waals surface area (Å²) in [7, 11) is -4.19. The zero-order valence-electron chi connectivity index (χ0n) is 21.1. The Kier molecular flexibility index (Phi) is 8.95. The van der Waals surface area contributed by atoms with Crippen LogP contribution in [0.15, 0.2) is 0 Å². The van der Waals surface area contributed by atoms with E-state index in [0.717, 1.165) is 11.3 Å². The van der Waals surface area contributed by atoms with Crippen molar-refractivity contribution in [2.24, 2.45) is 5.14 Å². The molecule has 1 atom stereocenters. The van der Waals surface area contributed by atoms with Crippen LogP contribution in [-0.2, 0) is 30.9 Å².